The molecular weight excluding hydrogens is 582 g/mol. The third kappa shape index (κ3) is 8.07. The summed E-state index contributed by atoms with van der Waals surface area (Å²) in [6.45, 7) is 1.79. The van der Waals surface area contributed by atoms with Crippen molar-refractivity contribution in [2.24, 2.45) is 0 Å². The number of amides is 2. The van der Waals surface area contributed by atoms with Crippen LogP contribution in [0.25, 0.3) is 17.0 Å². The number of hydrogen-bond acceptors (Lipinski definition) is 5. The molecule has 0 spiro atoms. The first kappa shape index (κ1) is 31.9. The summed E-state index contributed by atoms with van der Waals surface area (Å²) in [5.41, 5.74) is 3.43. The van der Waals surface area contributed by atoms with Crippen molar-refractivity contribution in [2.75, 3.05) is 18.5 Å². The van der Waals surface area contributed by atoms with E-state index in [1.807, 2.05) is 37.3 Å². The molecule has 39 heavy (non-hydrogen) atoms. The number of pyridine rings is 2. The van der Waals surface area contributed by atoms with Crippen molar-refractivity contribution < 1.29 is 14.3 Å². The second-order valence-electron chi connectivity index (χ2n) is 8.21. The molecule has 2 aromatic carbocycles. The number of fused-ring (bicyclic) bond motifs is 1. The minimum atomic E-state index is -0.395. The highest BCUT2D eigenvalue weighted by Crippen LogP contribution is 2.35. The first-order chi connectivity index (χ1) is 17.8. The molecule has 0 aliphatic rings. The number of nitrogens with one attached hydrogen (secondary N) is 1. The Morgan fingerprint density at radius 1 is 1.03 bits per heavy atom. The molecular formula is C28H26Cl4N4O3. The molecule has 0 atom stereocenters. The number of para-hydroxylation sites is 1. The molecule has 4 rings (SSSR count). The number of nitrogens with zero attached hydrogens (tertiary/aromatic N) is 3. The van der Waals surface area contributed by atoms with E-state index >= 15 is 0 Å². The summed E-state index contributed by atoms with van der Waals surface area (Å²) in [6.07, 6.45) is 6.26. The third-order valence-corrected chi connectivity index (χ3v) is 6.42. The van der Waals surface area contributed by atoms with E-state index in [1.54, 1.807) is 49.8 Å². The van der Waals surface area contributed by atoms with Gasteiger partial charge in [0.05, 0.1) is 17.3 Å². The summed E-state index contributed by atoms with van der Waals surface area (Å²) >= 11 is 13.1. The van der Waals surface area contributed by atoms with E-state index in [9.17, 15) is 9.59 Å². The molecule has 204 valence electrons. The van der Waals surface area contributed by atoms with Crippen LogP contribution in [0.5, 0.6) is 5.75 Å². The van der Waals surface area contributed by atoms with Crippen molar-refractivity contribution in [3.05, 3.63) is 99.9 Å². The lowest BCUT2D eigenvalue weighted by atomic mass is 10.1. The maximum absolute atomic E-state index is 12.8. The van der Waals surface area contributed by atoms with Crippen LogP contribution in [-0.2, 0) is 16.2 Å². The number of ether oxygens (including phenoxy) is 1. The lowest BCUT2D eigenvalue weighted by Gasteiger charge is -2.21. The fraction of sp³-hybridized carbons (Fsp3) is 0.143. The van der Waals surface area contributed by atoms with Gasteiger partial charge in [0, 0.05) is 47.2 Å². The van der Waals surface area contributed by atoms with Gasteiger partial charge in [0.25, 0.3) is 0 Å². The number of carbonyl (C=O) groups excluding carboxylic acids is 2. The Morgan fingerprint density at radius 2 is 1.77 bits per heavy atom. The SMILES string of the molecule is Cc1ccc2cccc(OCc3c(Cl)ccc(N(C)C(=O)CNC(=O)/C=C/c4ccncc4)c3Cl)c2n1.Cl.Cl. The van der Waals surface area contributed by atoms with E-state index in [0.29, 0.717) is 22.0 Å². The molecule has 0 aliphatic heterocycles. The van der Waals surface area contributed by atoms with Crippen molar-refractivity contribution in [3.63, 3.8) is 0 Å². The summed E-state index contributed by atoms with van der Waals surface area (Å²) in [4.78, 5) is 34.8. The molecule has 2 heterocycles. The van der Waals surface area contributed by atoms with Crippen LogP contribution in [0.4, 0.5) is 5.69 Å². The van der Waals surface area contributed by atoms with E-state index in [-0.39, 0.29) is 48.9 Å². The standard InChI is InChI=1S/C28H24Cl2N4O3.2ClH/c1-18-6-8-20-4-3-5-24(28(20)33-18)37-17-21-22(29)9-10-23(27(21)30)34(2)26(36)16-32-25(35)11-7-19-12-14-31-15-13-19;;/h3-15H,16-17H2,1-2H3,(H,32,35);2*1H/b11-7+;;. The van der Waals surface area contributed by atoms with Crippen molar-refractivity contribution in [1.82, 2.24) is 15.3 Å². The largest absolute Gasteiger partial charge is 0.487 e. The Bertz CT molecular complexity index is 1480. The Morgan fingerprint density at radius 3 is 2.51 bits per heavy atom. The quantitative estimate of drug-likeness (QED) is 0.232. The highest BCUT2D eigenvalue weighted by atomic mass is 35.5. The Kier molecular flexibility index (Phi) is 12.0. The highest BCUT2D eigenvalue weighted by Gasteiger charge is 2.19. The van der Waals surface area contributed by atoms with Crippen molar-refractivity contribution in [1.29, 1.82) is 0 Å². The summed E-state index contributed by atoms with van der Waals surface area (Å²) in [5, 5.41) is 4.24. The summed E-state index contributed by atoms with van der Waals surface area (Å²) < 4.78 is 6.06. The lowest BCUT2D eigenvalue weighted by molar-refractivity contribution is -0.122. The maximum Gasteiger partial charge on any atom is 0.246 e. The van der Waals surface area contributed by atoms with Crippen LogP contribution in [0.1, 0.15) is 16.8 Å². The third-order valence-electron chi connectivity index (χ3n) is 5.64. The number of carbonyl (C=O) groups is 2. The molecule has 0 radical (unpaired) electrons. The second kappa shape index (κ2) is 14.7. The molecule has 7 nitrogen and oxygen atoms in total. The van der Waals surface area contributed by atoms with Crippen LogP contribution < -0.4 is 15.0 Å². The smallest absolute Gasteiger partial charge is 0.246 e. The van der Waals surface area contributed by atoms with E-state index in [0.717, 1.165) is 22.2 Å². The number of aryl methyl sites for hydroxylation is 1. The molecule has 2 aromatic heterocycles. The summed E-state index contributed by atoms with van der Waals surface area (Å²) in [7, 11) is 1.58. The Balaban J connectivity index is 0.00000267. The zero-order valence-corrected chi connectivity index (χ0v) is 24.2. The molecule has 4 aromatic rings. The number of halogens is 4. The van der Waals surface area contributed by atoms with Crippen LogP contribution in [0, 0.1) is 6.92 Å². The van der Waals surface area contributed by atoms with Crippen LogP contribution in [0.3, 0.4) is 0 Å². The van der Waals surface area contributed by atoms with Crippen molar-refractivity contribution in [2.45, 2.75) is 13.5 Å². The van der Waals surface area contributed by atoms with Gasteiger partial charge in [0.15, 0.2) is 0 Å². The van der Waals surface area contributed by atoms with Gasteiger partial charge < -0.3 is 15.0 Å². The fourth-order valence-electron chi connectivity index (χ4n) is 3.58. The topological polar surface area (TPSA) is 84.4 Å². The van der Waals surface area contributed by atoms with Gasteiger partial charge in [-0.2, -0.15) is 0 Å². The van der Waals surface area contributed by atoms with E-state index in [1.165, 1.54) is 11.0 Å². The van der Waals surface area contributed by atoms with Crippen LogP contribution in [0.2, 0.25) is 10.0 Å². The molecule has 0 saturated carbocycles. The minimum Gasteiger partial charge on any atom is -0.487 e. The van der Waals surface area contributed by atoms with Crippen LogP contribution in [0.15, 0.2) is 73.1 Å². The zero-order chi connectivity index (χ0) is 26.4. The van der Waals surface area contributed by atoms with Crippen molar-refractivity contribution in [3.8, 4) is 5.75 Å². The number of likely N-dealkylation sites (N-methyl/N-ethyl adjacent to an activating group) is 1. The monoisotopic (exact) mass is 606 g/mol. The normalized spacial score (nSPS) is 10.5. The van der Waals surface area contributed by atoms with Gasteiger partial charge in [-0.15, -0.1) is 24.8 Å². The molecule has 0 fully saturated rings. The van der Waals surface area contributed by atoms with Crippen molar-refractivity contribution >= 4 is 82.5 Å². The zero-order valence-electron chi connectivity index (χ0n) is 21.1. The molecule has 0 unspecified atom stereocenters. The Hall–Kier alpha value is -3.36. The summed E-state index contributed by atoms with van der Waals surface area (Å²) in [6, 6.07) is 16.5. The van der Waals surface area contributed by atoms with Gasteiger partial charge in [-0.3, -0.25) is 14.6 Å². The van der Waals surface area contributed by atoms with E-state index in [2.05, 4.69) is 15.3 Å². The average Bonchev–Trinajstić information content (AvgIpc) is 2.90. The predicted molar refractivity (Wildman–Crippen MR) is 161 cm³/mol. The number of anilines is 1. The number of benzene rings is 2. The van der Waals surface area contributed by atoms with Gasteiger partial charge in [-0.1, -0.05) is 41.4 Å². The van der Waals surface area contributed by atoms with E-state index in [4.69, 9.17) is 27.9 Å². The van der Waals surface area contributed by atoms with Gasteiger partial charge in [-0.05, 0) is 55.0 Å². The fourth-order valence-corrected chi connectivity index (χ4v) is 4.19. The van der Waals surface area contributed by atoms with Gasteiger partial charge >= 0.3 is 0 Å². The molecule has 0 saturated heterocycles. The Labute approximate surface area is 249 Å². The number of aromatic nitrogens is 2. The van der Waals surface area contributed by atoms with Gasteiger partial charge in [0.1, 0.15) is 17.9 Å². The number of hydrogen-bond donors (Lipinski definition) is 1. The molecule has 0 aliphatic carbocycles. The second-order valence-corrected chi connectivity index (χ2v) is 9.00. The van der Waals surface area contributed by atoms with Crippen LogP contribution >= 0.6 is 48.0 Å². The molecule has 11 heteroatoms. The van der Waals surface area contributed by atoms with E-state index < -0.39 is 5.91 Å². The average molecular weight is 608 g/mol. The highest BCUT2D eigenvalue weighted by molar-refractivity contribution is 6.38. The predicted octanol–water partition coefficient (Wildman–Crippen LogP) is 6.46. The first-order valence-electron chi connectivity index (χ1n) is 11.4. The first-order valence-corrected chi connectivity index (χ1v) is 12.2. The minimum absolute atomic E-state index is 0. The maximum atomic E-state index is 12.8. The van der Waals surface area contributed by atoms with Crippen LogP contribution in [-0.4, -0.2) is 35.4 Å². The van der Waals surface area contributed by atoms with Gasteiger partial charge in [0.2, 0.25) is 11.8 Å². The lowest BCUT2D eigenvalue weighted by Crippen LogP contribution is -2.37. The van der Waals surface area contributed by atoms with Gasteiger partial charge in [-0.25, -0.2) is 4.98 Å². The molecule has 2 amide bonds. The summed E-state index contributed by atoms with van der Waals surface area (Å²) in [5.74, 6) is -0.144. The molecule has 1 N–H and O–H groups in total. The molecule has 0 bridgehead atoms. The number of rotatable bonds is 8.